The smallest absolute Gasteiger partial charge is 0.304 e. The van der Waals surface area contributed by atoms with Crippen molar-refractivity contribution in [2.24, 2.45) is 0 Å². The molecule has 2 amide bonds. The third-order valence-corrected chi connectivity index (χ3v) is 3.49. The summed E-state index contributed by atoms with van der Waals surface area (Å²) in [6.45, 7) is 0. The number of hydrogen-bond donors (Lipinski definition) is 2. The fourth-order valence-electron chi connectivity index (χ4n) is 1.49. The number of nitrogens with one attached hydrogen (secondary N) is 1. The van der Waals surface area contributed by atoms with Gasteiger partial charge in [0.25, 0.3) is 0 Å². The Labute approximate surface area is 130 Å². The highest BCUT2D eigenvalue weighted by Gasteiger charge is 2.15. The van der Waals surface area contributed by atoms with Gasteiger partial charge in [-0.1, -0.05) is 46.9 Å². The Hall–Kier alpha value is -1.46. The molecule has 0 aliphatic heterocycles. The lowest BCUT2D eigenvalue weighted by atomic mass is 10.3. The number of rotatable bonds is 2. The highest BCUT2D eigenvalue weighted by molar-refractivity contribution is 6.44. The molecule has 2 N–H and O–H groups in total. The number of anilines is 2. The molecule has 0 spiro atoms. The standard InChI is InChI=1S/C13H9Cl3N2O2/c14-8-3-1-4-9(7-8)18(20)13(19)17-11-6-2-5-10(15)12(11)16/h1-7,20H,(H,17,19). The van der Waals surface area contributed by atoms with Gasteiger partial charge in [-0.3, -0.25) is 5.21 Å². The summed E-state index contributed by atoms with van der Waals surface area (Å²) in [6.07, 6.45) is 0. The van der Waals surface area contributed by atoms with Crippen LogP contribution in [0.1, 0.15) is 0 Å². The van der Waals surface area contributed by atoms with E-state index in [2.05, 4.69) is 5.32 Å². The van der Waals surface area contributed by atoms with Crippen LogP contribution in [0.25, 0.3) is 0 Å². The van der Waals surface area contributed by atoms with E-state index in [1.165, 1.54) is 12.1 Å². The minimum Gasteiger partial charge on any atom is -0.304 e. The van der Waals surface area contributed by atoms with Gasteiger partial charge in [0.15, 0.2) is 0 Å². The maximum atomic E-state index is 11.9. The first kappa shape index (κ1) is 14.9. The molecule has 0 radical (unpaired) electrons. The Bertz CT molecular complexity index is 649. The fourth-order valence-corrected chi connectivity index (χ4v) is 2.03. The summed E-state index contributed by atoms with van der Waals surface area (Å²) >= 11 is 17.6. The number of urea groups is 1. The van der Waals surface area contributed by atoms with E-state index in [0.717, 1.165) is 0 Å². The Balaban J connectivity index is 2.18. The first-order chi connectivity index (χ1) is 9.49. The van der Waals surface area contributed by atoms with Crippen molar-refractivity contribution in [2.75, 3.05) is 10.4 Å². The first-order valence-corrected chi connectivity index (χ1v) is 6.62. The number of benzene rings is 2. The van der Waals surface area contributed by atoms with Crippen molar-refractivity contribution in [1.82, 2.24) is 0 Å². The second-order valence-electron chi connectivity index (χ2n) is 3.82. The van der Waals surface area contributed by atoms with Gasteiger partial charge < -0.3 is 5.32 Å². The number of carbonyl (C=O) groups excluding carboxylic acids is 1. The van der Waals surface area contributed by atoms with E-state index < -0.39 is 6.03 Å². The summed E-state index contributed by atoms with van der Waals surface area (Å²) in [7, 11) is 0. The predicted molar refractivity (Wildman–Crippen MR) is 81.2 cm³/mol. The van der Waals surface area contributed by atoms with Gasteiger partial charge in [-0.05, 0) is 30.3 Å². The van der Waals surface area contributed by atoms with Crippen molar-refractivity contribution >= 4 is 52.2 Å². The van der Waals surface area contributed by atoms with E-state index in [1.807, 2.05) is 0 Å². The number of carbonyl (C=O) groups is 1. The van der Waals surface area contributed by atoms with E-state index in [4.69, 9.17) is 34.8 Å². The average Bonchev–Trinajstić information content (AvgIpc) is 2.43. The lowest BCUT2D eigenvalue weighted by Gasteiger charge is -2.16. The van der Waals surface area contributed by atoms with Gasteiger partial charge in [-0.25, -0.2) is 4.79 Å². The summed E-state index contributed by atoms with van der Waals surface area (Å²) < 4.78 is 0. The SMILES string of the molecule is O=C(Nc1cccc(Cl)c1Cl)N(O)c1cccc(Cl)c1. The number of hydroxylamine groups is 1. The van der Waals surface area contributed by atoms with Crippen LogP contribution in [0.2, 0.25) is 15.1 Å². The van der Waals surface area contributed by atoms with E-state index in [-0.39, 0.29) is 10.7 Å². The van der Waals surface area contributed by atoms with Crippen LogP contribution >= 0.6 is 34.8 Å². The summed E-state index contributed by atoms with van der Waals surface area (Å²) in [4.78, 5) is 11.9. The molecule has 7 heteroatoms. The van der Waals surface area contributed by atoms with Crippen molar-refractivity contribution in [2.45, 2.75) is 0 Å². The van der Waals surface area contributed by atoms with Gasteiger partial charge in [-0.2, -0.15) is 5.06 Å². The summed E-state index contributed by atoms with van der Waals surface area (Å²) in [5.41, 5.74) is 0.526. The molecule has 0 unspecified atom stereocenters. The van der Waals surface area contributed by atoms with Crippen molar-refractivity contribution in [3.63, 3.8) is 0 Å². The van der Waals surface area contributed by atoms with Crippen LogP contribution < -0.4 is 10.4 Å². The molecule has 0 atom stereocenters. The zero-order chi connectivity index (χ0) is 14.7. The van der Waals surface area contributed by atoms with Crippen LogP contribution in [0.15, 0.2) is 42.5 Å². The Kier molecular flexibility index (Phi) is 4.73. The second kappa shape index (κ2) is 6.33. The third-order valence-electron chi connectivity index (χ3n) is 2.44. The van der Waals surface area contributed by atoms with Crippen LogP contribution in [-0.4, -0.2) is 11.2 Å². The molecule has 20 heavy (non-hydrogen) atoms. The quantitative estimate of drug-likeness (QED) is 0.596. The maximum Gasteiger partial charge on any atom is 0.350 e. The maximum absolute atomic E-state index is 11.9. The van der Waals surface area contributed by atoms with Crippen molar-refractivity contribution in [1.29, 1.82) is 0 Å². The molecule has 0 bridgehead atoms. The monoisotopic (exact) mass is 330 g/mol. The molecule has 2 rings (SSSR count). The topological polar surface area (TPSA) is 52.6 Å². The Morgan fingerprint density at radius 2 is 1.80 bits per heavy atom. The van der Waals surface area contributed by atoms with Crippen LogP contribution in [-0.2, 0) is 0 Å². The zero-order valence-electron chi connectivity index (χ0n) is 9.98. The molecule has 0 saturated carbocycles. The van der Waals surface area contributed by atoms with Crippen LogP contribution in [0.4, 0.5) is 16.2 Å². The lowest BCUT2D eigenvalue weighted by Crippen LogP contribution is -2.31. The molecule has 2 aromatic carbocycles. The van der Waals surface area contributed by atoms with E-state index in [9.17, 15) is 10.0 Å². The summed E-state index contributed by atoms with van der Waals surface area (Å²) in [5.74, 6) is 0. The summed E-state index contributed by atoms with van der Waals surface area (Å²) in [6, 6.07) is 10.2. The molecule has 4 nitrogen and oxygen atoms in total. The normalized spacial score (nSPS) is 10.2. The molecular weight excluding hydrogens is 323 g/mol. The van der Waals surface area contributed by atoms with Gasteiger partial charge >= 0.3 is 6.03 Å². The lowest BCUT2D eigenvalue weighted by molar-refractivity contribution is 0.216. The average molecular weight is 332 g/mol. The Morgan fingerprint density at radius 3 is 2.50 bits per heavy atom. The molecule has 2 aromatic rings. The molecule has 0 heterocycles. The molecule has 0 aromatic heterocycles. The molecule has 0 saturated heterocycles. The van der Waals surface area contributed by atoms with Crippen LogP contribution in [0, 0.1) is 0 Å². The predicted octanol–water partition coefficient (Wildman–Crippen LogP) is 5.07. The van der Waals surface area contributed by atoms with Crippen molar-refractivity contribution in [3.8, 4) is 0 Å². The van der Waals surface area contributed by atoms with Gasteiger partial charge in [0.05, 0.1) is 21.4 Å². The van der Waals surface area contributed by atoms with E-state index >= 15 is 0 Å². The minimum atomic E-state index is -0.781. The van der Waals surface area contributed by atoms with Crippen LogP contribution in [0.3, 0.4) is 0 Å². The number of hydrogen-bond acceptors (Lipinski definition) is 2. The highest BCUT2D eigenvalue weighted by Crippen LogP contribution is 2.30. The first-order valence-electron chi connectivity index (χ1n) is 5.48. The van der Waals surface area contributed by atoms with Crippen molar-refractivity contribution < 1.29 is 10.0 Å². The molecule has 0 fully saturated rings. The number of nitrogens with zero attached hydrogens (tertiary/aromatic N) is 1. The van der Waals surface area contributed by atoms with Crippen molar-refractivity contribution in [3.05, 3.63) is 57.5 Å². The van der Waals surface area contributed by atoms with Crippen LogP contribution in [0.5, 0.6) is 0 Å². The largest absolute Gasteiger partial charge is 0.350 e. The fraction of sp³-hybridized carbons (Fsp3) is 0. The highest BCUT2D eigenvalue weighted by atomic mass is 35.5. The molecule has 104 valence electrons. The number of amides is 2. The number of halogens is 3. The van der Waals surface area contributed by atoms with E-state index in [0.29, 0.717) is 20.8 Å². The third kappa shape index (κ3) is 3.35. The molecule has 0 aliphatic carbocycles. The zero-order valence-corrected chi connectivity index (χ0v) is 12.2. The second-order valence-corrected chi connectivity index (χ2v) is 5.04. The van der Waals surface area contributed by atoms with Gasteiger partial charge in [0.1, 0.15) is 0 Å². The van der Waals surface area contributed by atoms with Gasteiger partial charge in [0, 0.05) is 5.02 Å². The van der Waals surface area contributed by atoms with E-state index in [1.54, 1.807) is 30.3 Å². The van der Waals surface area contributed by atoms with Gasteiger partial charge in [0.2, 0.25) is 0 Å². The minimum absolute atomic E-state index is 0.196. The Morgan fingerprint density at radius 1 is 1.10 bits per heavy atom. The molecule has 0 aliphatic rings. The summed E-state index contributed by atoms with van der Waals surface area (Å²) in [5, 5.41) is 13.6. The van der Waals surface area contributed by atoms with Gasteiger partial charge in [-0.15, -0.1) is 0 Å². The molecular formula is C13H9Cl3N2O2.